The van der Waals surface area contributed by atoms with Crippen LogP contribution in [-0.4, -0.2) is 18.9 Å². The number of nitrogens with zero attached hydrogens (tertiary/aromatic N) is 1. The molecule has 26 heavy (non-hydrogen) atoms. The summed E-state index contributed by atoms with van der Waals surface area (Å²) in [5.41, 5.74) is 1.27. The van der Waals surface area contributed by atoms with Gasteiger partial charge in [0.05, 0.1) is 4.90 Å². The van der Waals surface area contributed by atoms with Crippen LogP contribution in [0.1, 0.15) is 5.56 Å². The first-order chi connectivity index (χ1) is 12.2. The van der Waals surface area contributed by atoms with Gasteiger partial charge in [-0.25, -0.2) is 0 Å². The lowest BCUT2D eigenvalue weighted by atomic mass is 10.2. The summed E-state index contributed by atoms with van der Waals surface area (Å²) < 4.78 is 31.3. The van der Waals surface area contributed by atoms with Crippen LogP contribution in [0.15, 0.2) is 59.1 Å². The summed E-state index contributed by atoms with van der Waals surface area (Å²) in [5.74, 6) is -0.743. The summed E-state index contributed by atoms with van der Waals surface area (Å²) in [5, 5.41) is 15.0. The highest BCUT2D eigenvalue weighted by atomic mass is 35.5. The molecule has 0 fully saturated rings. The van der Waals surface area contributed by atoms with Crippen molar-refractivity contribution in [2.75, 3.05) is 10.6 Å². The van der Waals surface area contributed by atoms with Crippen LogP contribution in [0.4, 0.5) is 11.4 Å². The second-order valence-electron chi connectivity index (χ2n) is 5.18. The SMILES string of the molecule is Cc1c(Cl)cccc1N/C=C(/C#N)C(=O)Nc1cccc(S(=O)(=O)O)c1. The summed E-state index contributed by atoms with van der Waals surface area (Å²) in [6.45, 7) is 1.78. The fourth-order valence-corrected chi connectivity index (χ4v) is 2.70. The standard InChI is InChI=1S/C17H14ClN3O4S/c1-11-15(18)6-3-7-16(11)20-10-12(9-19)17(22)21-13-4-2-5-14(8-13)26(23,24)25/h2-8,10,20H,1H3,(H,21,22)(H,23,24,25)/b12-10-. The number of nitriles is 1. The molecule has 9 heteroatoms. The summed E-state index contributed by atoms with van der Waals surface area (Å²) in [6.07, 6.45) is 1.22. The van der Waals surface area contributed by atoms with E-state index in [1.54, 1.807) is 31.2 Å². The van der Waals surface area contributed by atoms with Gasteiger partial charge in [0.2, 0.25) is 0 Å². The number of benzene rings is 2. The normalized spacial score (nSPS) is 11.5. The molecule has 0 aliphatic carbocycles. The van der Waals surface area contributed by atoms with Gasteiger partial charge in [-0.05, 0) is 42.8 Å². The average Bonchev–Trinajstić information content (AvgIpc) is 2.58. The van der Waals surface area contributed by atoms with E-state index in [1.165, 1.54) is 24.4 Å². The fraction of sp³-hybridized carbons (Fsp3) is 0.0588. The number of hydrogen-bond donors (Lipinski definition) is 3. The molecule has 0 bridgehead atoms. The molecule has 2 rings (SSSR count). The van der Waals surface area contributed by atoms with Gasteiger partial charge >= 0.3 is 0 Å². The Kier molecular flexibility index (Phi) is 6.00. The van der Waals surface area contributed by atoms with Crippen LogP contribution in [0.3, 0.4) is 0 Å². The Hall–Kier alpha value is -2.86. The van der Waals surface area contributed by atoms with Gasteiger partial charge in [-0.3, -0.25) is 9.35 Å². The van der Waals surface area contributed by atoms with E-state index in [4.69, 9.17) is 16.2 Å². The lowest BCUT2D eigenvalue weighted by molar-refractivity contribution is -0.112. The number of nitrogens with one attached hydrogen (secondary N) is 2. The van der Waals surface area contributed by atoms with Gasteiger partial charge in [0, 0.05) is 22.6 Å². The maximum atomic E-state index is 12.2. The molecule has 0 atom stereocenters. The number of anilines is 2. The minimum absolute atomic E-state index is 0.116. The van der Waals surface area contributed by atoms with Crippen LogP contribution in [0.5, 0.6) is 0 Å². The predicted molar refractivity (Wildman–Crippen MR) is 98.4 cm³/mol. The Balaban J connectivity index is 2.19. The van der Waals surface area contributed by atoms with Crippen molar-refractivity contribution in [1.29, 1.82) is 5.26 Å². The molecule has 0 saturated heterocycles. The highest BCUT2D eigenvalue weighted by molar-refractivity contribution is 7.85. The van der Waals surface area contributed by atoms with E-state index in [-0.39, 0.29) is 16.2 Å². The van der Waals surface area contributed by atoms with Gasteiger partial charge in [-0.1, -0.05) is 23.7 Å². The van der Waals surface area contributed by atoms with Crippen molar-refractivity contribution in [3.8, 4) is 6.07 Å². The third-order valence-corrected chi connectivity index (χ3v) is 4.65. The molecule has 3 N–H and O–H groups in total. The monoisotopic (exact) mass is 391 g/mol. The smallest absolute Gasteiger partial charge is 0.294 e. The van der Waals surface area contributed by atoms with Crippen molar-refractivity contribution >= 4 is 39.0 Å². The summed E-state index contributed by atoms with van der Waals surface area (Å²) in [6, 6.07) is 12.0. The molecular weight excluding hydrogens is 378 g/mol. The summed E-state index contributed by atoms with van der Waals surface area (Å²) in [4.78, 5) is 11.8. The molecule has 0 spiro atoms. The summed E-state index contributed by atoms with van der Waals surface area (Å²) >= 11 is 6.01. The molecule has 0 saturated carbocycles. The molecule has 0 aliphatic heterocycles. The highest BCUT2D eigenvalue weighted by Crippen LogP contribution is 2.23. The topological polar surface area (TPSA) is 119 Å². The van der Waals surface area contributed by atoms with Gasteiger partial charge in [-0.2, -0.15) is 13.7 Å². The second-order valence-corrected chi connectivity index (χ2v) is 7.01. The Labute approximate surface area is 155 Å². The number of hydrogen-bond acceptors (Lipinski definition) is 5. The van der Waals surface area contributed by atoms with E-state index < -0.39 is 16.0 Å². The third-order valence-electron chi connectivity index (χ3n) is 3.39. The minimum atomic E-state index is -4.40. The van der Waals surface area contributed by atoms with E-state index in [1.807, 2.05) is 0 Å². The van der Waals surface area contributed by atoms with Crippen LogP contribution < -0.4 is 10.6 Å². The maximum Gasteiger partial charge on any atom is 0.294 e. The molecule has 0 radical (unpaired) electrons. The van der Waals surface area contributed by atoms with Crippen LogP contribution in [-0.2, 0) is 14.9 Å². The van der Waals surface area contributed by atoms with Gasteiger partial charge < -0.3 is 10.6 Å². The molecule has 0 unspecified atom stereocenters. The molecule has 0 aliphatic rings. The second kappa shape index (κ2) is 8.01. The molecule has 0 heterocycles. The third kappa shape index (κ3) is 4.83. The van der Waals surface area contributed by atoms with Gasteiger partial charge in [0.25, 0.3) is 16.0 Å². The molecule has 2 aromatic carbocycles. The van der Waals surface area contributed by atoms with E-state index in [0.717, 1.165) is 11.6 Å². The van der Waals surface area contributed by atoms with Crippen LogP contribution in [0.25, 0.3) is 0 Å². The predicted octanol–water partition coefficient (Wildman–Crippen LogP) is 3.35. The molecule has 2 aromatic rings. The lowest BCUT2D eigenvalue weighted by Gasteiger charge is -2.08. The highest BCUT2D eigenvalue weighted by Gasteiger charge is 2.13. The van der Waals surface area contributed by atoms with E-state index >= 15 is 0 Å². The Morgan fingerprint density at radius 3 is 2.62 bits per heavy atom. The number of carbonyl (C=O) groups is 1. The lowest BCUT2D eigenvalue weighted by Crippen LogP contribution is -2.15. The average molecular weight is 392 g/mol. The quantitative estimate of drug-likeness (QED) is 0.408. The van der Waals surface area contributed by atoms with E-state index in [0.29, 0.717) is 10.7 Å². The molecule has 1 amide bonds. The molecule has 7 nitrogen and oxygen atoms in total. The first kappa shape index (κ1) is 19.5. The number of halogens is 1. The number of rotatable bonds is 5. The van der Waals surface area contributed by atoms with E-state index in [2.05, 4.69) is 10.6 Å². The van der Waals surface area contributed by atoms with Crippen LogP contribution >= 0.6 is 11.6 Å². The number of carbonyl (C=O) groups excluding carboxylic acids is 1. The Morgan fingerprint density at radius 2 is 1.96 bits per heavy atom. The van der Waals surface area contributed by atoms with Gasteiger partial charge in [-0.15, -0.1) is 0 Å². The molecular formula is C17H14ClN3O4S. The maximum absolute atomic E-state index is 12.2. The van der Waals surface area contributed by atoms with Crippen molar-refractivity contribution in [2.45, 2.75) is 11.8 Å². The van der Waals surface area contributed by atoms with Crippen molar-refractivity contribution in [2.24, 2.45) is 0 Å². The Morgan fingerprint density at radius 1 is 1.27 bits per heavy atom. The molecule has 0 aromatic heterocycles. The summed E-state index contributed by atoms with van der Waals surface area (Å²) in [7, 11) is -4.40. The van der Waals surface area contributed by atoms with Crippen molar-refractivity contribution < 1.29 is 17.8 Å². The first-order valence-electron chi connectivity index (χ1n) is 7.23. The zero-order valence-corrected chi connectivity index (χ0v) is 15.1. The van der Waals surface area contributed by atoms with Gasteiger partial charge in [0.1, 0.15) is 11.6 Å². The molecule has 134 valence electrons. The van der Waals surface area contributed by atoms with Crippen molar-refractivity contribution in [3.05, 3.63) is 64.8 Å². The van der Waals surface area contributed by atoms with Crippen LogP contribution in [0.2, 0.25) is 5.02 Å². The Bertz CT molecular complexity index is 1030. The van der Waals surface area contributed by atoms with Gasteiger partial charge in [0.15, 0.2) is 0 Å². The van der Waals surface area contributed by atoms with Crippen molar-refractivity contribution in [3.63, 3.8) is 0 Å². The number of amides is 1. The zero-order chi connectivity index (χ0) is 19.3. The van der Waals surface area contributed by atoms with Crippen molar-refractivity contribution in [1.82, 2.24) is 0 Å². The largest absolute Gasteiger partial charge is 0.360 e. The zero-order valence-electron chi connectivity index (χ0n) is 13.5. The minimum Gasteiger partial charge on any atom is -0.360 e. The fourth-order valence-electron chi connectivity index (χ4n) is 2.00. The van der Waals surface area contributed by atoms with Crippen LogP contribution in [0, 0.1) is 18.3 Å². The first-order valence-corrected chi connectivity index (χ1v) is 9.05. The van der Waals surface area contributed by atoms with E-state index in [9.17, 15) is 18.5 Å².